The quantitative estimate of drug-likeness (QED) is 0.744. The average Bonchev–Trinajstić information content (AvgIpc) is 2.63. The molecule has 0 spiro atoms. The minimum atomic E-state index is 0.527. The maximum atomic E-state index is 8.44. The lowest BCUT2D eigenvalue weighted by Gasteiger charge is -2.11. The van der Waals surface area contributed by atoms with E-state index in [1.165, 1.54) is 0 Å². The number of nitrogens with zero attached hydrogens (tertiary/aromatic N) is 4. The lowest BCUT2D eigenvalue weighted by atomic mass is 10.4. The van der Waals surface area contributed by atoms with E-state index in [1.54, 1.807) is 11.3 Å². The fourth-order valence-electron chi connectivity index (χ4n) is 1.03. The molecular formula is C9H14N4S. The predicted molar refractivity (Wildman–Crippen MR) is 57.4 cm³/mol. The van der Waals surface area contributed by atoms with Gasteiger partial charge >= 0.3 is 0 Å². The number of anilines is 1. The van der Waals surface area contributed by atoms with Gasteiger partial charge in [-0.25, -0.2) is 0 Å². The third-order valence-corrected chi connectivity index (χ3v) is 2.90. The standard InChI is InChI=1S/C9H14N4S/c1-3-5-8-11-12-9(14-8)13(2)7-4-6-10/h3-5,7H2,1-2H3. The Kier molecular flexibility index (Phi) is 4.33. The molecule has 0 aromatic carbocycles. The van der Waals surface area contributed by atoms with Gasteiger partial charge < -0.3 is 4.90 Å². The molecule has 76 valence electrons. The molecule has 0 saturated heterocycles. The Hall–Kier alpha value is -1.15. The van der Waals surface area contributed by atoms with Crippen LogP contribution in [0.25, 0.3) is 0 Å². The number of aryl methyl sites for hydroxylation is 1. The summed E-state index contributed by atoms with van der Waals surface area (Å²) in [6, 6.07) is 2.12. The number of hydrogen-bond acceptors (Lipinski definition) is 5. The summed E-state index contributed by atoms with van der Waals surface area (Å²) in [5, 5.41) is 18.6. The largest absolute Gasteiger partial charge is 0.349 e. The third-order valence-electron chi connectivity index (χ3n) is 1.81. The second kappa shape index (κ2) is 5.55. The van der Waals surface area contributed by atoms with Crippen LogP contribution in [0.5, 0.6) is 0 Å². The van der Waals surface area contributed by atoms with E-state index in [2.05, 4.69) is 23.2 Å². The molecule has 0 N–H and O–H groups in total. The zero-order chi connectivity index (χ0) is 10.4. The molecule has 1 aromatic rings. The molecule has 14 heavy (non-hydrogen) atoms. The van der Waals surface area contributed by atoms with Crippen LogP contribution in [-0.4, -0.2) is 23.8 Å². The molecule has 0 fully saturated rings. The fraction of sp³-hybridized carbons (Fsp3) is 0.667. The van der Waals surface area contributed by atoms with Crippen LogP contribution in [-0.2, 0) is 6.42 Å². The first-order chi connectivity index (χ1) is 6.77. The molecule has 0 aliphatic carbocycles. The van der Waals surface area contributed by atoms with Crippen molar-refractivity contribution >= 4 is 16.5 Å². The van der Waals surface area contributed by atoms with E-state index in [4.69, 9.17) is 5.26 Å². The lowest BCUT2D eigenvalue weighted by Crippen LogP contribution is -2.17. The van der Waals surface area contributed by atoms with Crippen molar-refractivity contribution in [2.75, 3.05) is 18.5 Å². The van der Waals surface area contributed by atoms with Gasteiger partial charge in [0.05, 0.1) is 12.5 Å². The van der Waals surface area contributed by atoms with Crippen LogP contribution >= 0.6 is 11.3 Å². The summed E-state index contributed by atoms with van der Waals surface area (Å²) >= 11 is 1.61. The summed E-state index contributed by atoms with van der Waals surface area (Å²) in [6.45, 7) is 2.84. The highest BCUT2D eigenvalue weighted by atomic mass is 32.1. The highest BCUT2D eigenvalue weighted by Crippen LogP contribution is 2.19. The molecule has 0 amide bonds. The van der Waals surface area contributed by atoms with E-state index in [0.29, 0.717) is 6.42 Å². The van der Waals surface area contributed by atoms with Crippen LogP contribution in [0.2, 0.25) is 0 Å². The molecule has 0 aliphatic rings. The van der Waals surface area contributed by atoms with E-state index < -0.39 is 0 Å². The minimum Gasteiger partial charge on any atom is -0.349 e. The minimum absolute atomic E-state index is 0.527. The Morgan fingerprint density at radius 1 is 1.50 bits per heavy atom. The normalized spacial score (nSPS) is 9.79. The van der Waals surface area contributed by atoms with Crippen LogP contribution in [0.4, 0.5) is 5.13 Å². The van der Waals surface area contributed by atoms with Crippen molar-refractivity contribution in [1.29, 1.82) is 5.26 Å². The molecule has 0 bridgehead atoms. The van der Waals surface area contributed by atoms with E-state index in [9.17, 15) is 0 Å². The molecule has 1 rings (SSSR count). The van der Waals surface area contributed by atoms with Crippen molar-refractivity contribution in [3.63, 3.8) is 0 Å². The van der Waals surface area contributed by atoms with Crippen LogP contribution in [0, 0.1) is 11.3 Å². The van der Waals surface area contributed by atoms with E-state index in [0.717, 1.165) is 29.5 Å². The maximum absolute atomic E-state index is 8.44. The molecule has 5 heteroatoms. The SMILES string of the molecule is CCCc1nnc(N(C)CCC#N)s1. The van der Waals surface area contributed by atoms with Crippen molar-refractivity contribution in [2.45, 2.75) is 26.2 Å². The van der Waals surface area contributed by atoms with Crippen molar-refractivity contribution in [2.24, 2.45) is 0 Å². The Bertz CT molecular complexity index is 315. The smallest absolute Gasteiger partial charge is 0.208 e. The zero-order valence-electron chi connectivity index (χ0n) is 8.53. The lowest BCUT2D eigenvalue weighted by molar-refractivity contribution is 0.855. The van der Waals surface area contributed by atoms with Crippen LogP contribution in [0.15, 0.2) is 0 Å². The van der Waals surface area contributed by atoms with Crippen LogP contribution in [0.1, 0.15) is 24.8 Å². The topological polar surface area (TPSA) is 52.8 Å². The van der Waals surface area contributed by atoms with Gasteiger partial charge in [0.2, 0.25) is 5.13 Å². The molecule has 0 radical (unpaired) electrons. The van der Waals surface area contributed by atoms with Crippen molar-refractivity contribution < 1.29 is 0 Å². The summed E-state index contributed by atoms with van der Waals surface area (Å²) in [5.41, 5.74) is 0. The number of aromatic nitrogens is 2. The Labute approximate surface area is 88.2 Å². The first-order valence-electron chi connectivity index (χ1n) is 4.68. The van der Waals surface area contributed by atoms with Gasteiger partial charge in [-0.15, -0.1) is 10.2 Å². The van der Waals surface area contributed by atoms with Gasteiger partial charge in [-0.1, -0.05) is 18.3 Å². The molecule has 0 unspecified atom stereocenters. The molecule has 4 nitrogen and oxygen atoms in total. The Morgan fingerprint density at radius 3 is 2.93 bits per heavy atom. The summed E-state index contributed by atoms with van der Waals surface area (Å²) in [7, 11) is 1.94. The molecule has 1 aromatic heterocycles. The monoisotopic (exact) mass is 210 g/mol. The first kappa shape index (κ1) is 10.9. The van der Waals surface area contributed by atoms with Crippen LogP contribution < -0.4 is 4.90 Å². The van der Waals surface area contributed by atoms with Gasteiger partial charge in [-0.3, -0.25) is 0 Å². The highest BCUT2D eigenvalue weighted by Gasteiger charge is 2.07. The third kappa shape index (κ3) is 2.96. The summed E-state index contributed by atoms with van der Waals surface area (Å²) in [6.07, 6.45) is 2.61. The molecule has 0 aliphatic heterocycles. The molecule has 0 atom stereocenters. The first-order valence-corrected chi connectivity index (χ1v) is 5.50. The van der Waals surface area contributed by atoms with Crippen molar-refractivity contribution in [3.8, 4) is 6.07 Å². The van der Waals surface area contributed by atoms with E-state index in [1.807, 2.05) is 11.9 Å². The van der Waals surface area contributed by atoms with Gasteiger partial charge in [0.1, 0.15) is 5.01 Å². The molecule has 0 saturated carbocycles. The van der Waals surface area contributed by atoms with Gasteiger partial charge in [-0.05, 0) is 6.42 Å². The van der Waals surface area contributed by atoms with Gasteiger partial charge in [-0.2, -0.15) is 5.26 Å². The predicted octanol–water partition coefficient (Wildman–Crippen LogP) is 1.84. The number of nitriles is 1. The number of hydrogen-bond donors (Lipinski definition) is 0. The average molecular weight is 210 g/mol. The van der Waals surface area contributed by atoms with E-state index >= 15 is 0 Å². The van der Waals surface area contributed by atoms with Gasteiger partial charge in [0, 0.05) is 20.0 Å². The molecular weight excluding hydrogens is 196 g/mol. The number of rotatable bonds is 5. The Balaban J connectivity index is 2.53. The van der Waals surface area contributed by atoms with Crippen molar-refractivity contribution in [1.82, 2.24) is 10.2 Å². The maximum Gasteiger partial charge on any atom is 0.208 e. The van der Waals surface area contributed by atoms with Gasteiger partial charge in [0.15, 0.2) is 0 Å². The Morgan fingerprint density at radius 2 is 2.29 bits per heavy atom. The van der Waals surface area contributed by atoms with E-state index in [-0.39, 0.29) is 0 Å². The van der Waals surface area contributed by atoms with Gasteiger partial charge in [0.25, 0.3) is 0 Å². The van der Waals surface area contributed by atoms with Crippen LogP contribution in [0.3, 0.4) is 0 Å². The summed E-state index contributed by atoms with van der Waals surface area (Å²) in [5.74, 6) is 0. The fourth-order valence-corrected chi connectivity index (χ4v) is 1.95. The molecule has 1 heterocycles. The summed E-state index contributed by atoms with van der Waals surface area (Å²) < 4.78 is 0. The summed E-state index contributed by atoms with van der Waals surface area (Å²) in [4.78, 5) is 1.97. The second-order valence-corrected chi connectivity index (χ2v) is 4.10. The second-order valence-electron chi connectivity index (χ2n) is 3.06. The highest BCUT2D eigenvalue weighted by molar-refractivity contribution is 7.15. The zero-order valence-corrected chi connectivity index (χ0v) is 9.34. The van der Waals surface area contributed by atoms with Crippen molar-refractivity contribution in [3.05, 3.63) is 5.01 Å².